The standard InChI is InChI=1S/C12H14BrFN2O2/c1-12(6-18-5-10(12)15)11(17)16-9-4-7(13)2-3-8(9)14/h2-4,10H,5-6,15H2,1H3,(H,16,17). The number of carbonyl (C=O) groups excluding carboxylic acids is 1. The molecule has 98 valence electrons. The number of nitrogens with one attached hydrogen (secondary N) is 1. The van der Waals surface area contributed by atoms with Gasteiger partial charge in [0.05, 0.1) is 24.3 Å². The van der Waals surface area contributed by atoms with Gasteiger partial charge in [-0.1, -0.05) is 15.9 Å². The summed E-state index contributed by atoms with van der Waals surface area (Å²) in [6, 6.07) is 3.98. The number of benzene rings is 1. The van der Waals surface area contributed by atoms with Crippen LogP contribution >= 0.6 is 15.9 Å². The minimum atomic E-state index is -0.825. The topological polar surface area (TPSA) is 64.3 Å². The van der Waals surface area contributed by atoms with Gasteiger partial charge in [-0.25, -0.2) is 4.39 Å². The zero-order chi connectivity index (χ0) is 13.3. The highest BCUT2D eigenvalue weighted by Crippen LogP contribution is 2.29. The summed E-state index contributed by atoms with van der Waals surface area (Å²) < 4.78 is 19.4. The van der Waals surface area contributed by atoms with Crippen molar-refractivity contribution in [2.75, 3.05) is 18.5 Å². The molecule has 1 aliphatic heterocycles. The fourth-order valence-electron chi connectivity index (χ4n) is 1.78. The summed E-state index contributed by atoms with van der Waals surface area (Å²) in [4.78, 5) is 12.2. The molecule has 4 nitrogen and oxygen atoms in total. The number of ether oxygens (including phenoxy) is 1. The Balaban J connectivity index is 2.19. The Bertz CT molecular complexity index is 483. The van der Waals surface area contributed by atoms with Crippen LogP contribution in [0.2, 0.25) is 0 Å². The van der Waals surface area contributed by atoms with Gasteiger partial charge in [-0.05, 0) is 25.1 Å². The average molecular weight is 317 g/mol. The normalized spacial score (nSPS) is 27.2. The Morgan fingerprint density at radius 3 is 3.00 bits per heavy atom. The summed E-state index contributed by atoms with van der Waals surface area (Å²) in [7, 11) is 0. The Labute approximate surface area is 113 Å². The number of hydrogen-bond acceptors (Lipinski definition) is 3. The van der Waals surface area contributed by atoms with Crippen LogP contribution in [0.25, 0.3) is 0 Å². The molecule has 0 aromatic heterocycles. The smallest absolute Gasteiger partial charge is 0.234 e. The number of halogens is 2. The number of hydrogen-bond donors (Lipinski definition) is 2. The molecule has 0 radical (unpaired) electrons. The van der Waals surface area contributed by atoms with E-state index in [9.17, 15) is 9.18 Å². The zero-order valence-corrected chi connectivity index (χ0v) is 11.5. The van der Waals surface area contributed by atoms with Gasteiger partial charge in [0.15, 0.2) is 0 Å². The van der Waals surface area contributed by atoms with Crippen molar-refractivity contribution < 1.29 is 13.9 Å². The van der Waals surface area contributed by atoms with Gasteiger partial charge >= 0.3 is 0 Å². The third-order valence-electron chi connectivity index (χ3n) is 3.21. The van der Waals surface area contributed by atoms with Gasteiger partial charge in [-0.2, -0.15) is 0 Å². The molecule has 2 unspecified atom stereocenters. The third kappa shape index (κ3) is 2.41. The highest BCUT2D eigenvalue weighted by Gasteiger charge is 2.44. The van der Waals surface area contributed by atoms with E-state index in [4.69, 9.17) is 10.5 Å². The first-order chi connectivity index (χ1) is 8.43. The van der Waals surface area contributed by atoms with E-state index in [1.165, 1.54) is 12.1 Å². The van der Waals surface area contributed by atoms with E-state index >= 15 is 0 Å². The minimum absolute atomic E-state index is 0.134. The molecule has 2 atom stereocenters. The maximum atomic E-state index is 13.5. The van der Waals surface area contributed by atoms with Crippen LogP contribution in [0.5, 0.6) is 0 Å². The Kier molecular flexibility index (Phi) is 3.70. The van der Waals surface area contributed by atoms with Gasteiger partial charge in [-0.3, -0.25) is 4.79 Å². The number of anilines is 1. The van der Waals surface area contributed by atoms with Crippen LogP contribution in [0.1, 0.15) is 6.92 Å². The summed E-state index contributed by atoms with van der Waals surface area (Å²) >= 11 is 3.23. The quantitative estimate of drug-likeness (QED) is 0.875. The lowest BCUT2D eigenvalue weighted by molar-refractivity contribution is -0.125. The number of rotatable bonds is 2. The second kappa shape index (κ2) is 4.95. The van der Waals surface area contributed by atoms with Gasteiger partial charge in [0.2, 0.25) is 5.91 Å². The van der Waals surface area contributed by atoms with Crippen LogP contribution in [0.4, 0.5) is 10.1 Å². The Morgan fingerprint density at radius 1 is 1.67 bits per heavy atom. The second-order valence-corrected chi connectivity index (χ2v) is 5.53. The molecule has 18 heavy (non-hydrogen) atoms. The van der Waals surface area contributed by atoms with Crippen LogP contribution in [-0.2, 0) is 9.53 Å². The van der Waals surface area contributed by atoms with E-state index in [0.29, 0.717) is 11.1 Å². The molecule has 1 amide bonds. The van der Waals surface area contributed by atoms with Crippen molar-refractivity contribution in [2.45, 2.75) is 13.0 Å². The highest BCUT2D eigenvalue weighted by molar-refractivity contribution is 9.10. The average Bonchev–Trinajstić information content (AvgIpc) is 2.66. The molecule has 1 aromatic carbocycles. The molecule has 0 spiro atoms. The molecule has 2 rings (SSSR count). The molecule has 6 heteroatoms. The van der Waals surface area contributed by atoms with Crippen LogP contribution < -0.4 is 11.1 Å². The molecule has 1 heterocycles. The number of amides is 1. The van der Waals surface area contributed by atoms with Crippen molar-refractivity contribution in [1.29, 1.82) is 0 Å². The summed E-state index contributed by atoms with van der Waals surface area (Å²) in [6.45, 7) is 2.30. The van der Waals surface area contributed by atoms with Crippen molar-refractivity contribution in [2.24, 2.45) is 11.1 Å². The highest BCUT2D eigenvalue weighted by atomic mass is 79.9. The maximum absolute atomic E-state index is 13.5. The van der Waals surface area contributed by atoms with Crippen LogP contribution in [0.15, 0.2) is 22.7 Å². The van der Waals surface area contributed by atoms with E-state index in [-0.39, 0.29) is 24.2 Å². The van der Waals surface area contributed by atoms with Crippen molar-refractivity contribution in [3.63, 3.8) is 0 Å². The lowest BCUT2D eigenvalue weighted by Gasteiger charge is -2.25. The lowest BCUT2D eigenvalue weighted by atomic mass is 9.85. The Hall–Kier alpha value is -0.980. The third-order valence-corrected chi connectivity index (χ3v) is 3.71. The van der Waals surface area contributed by atoms with E-state index in [0.717, 1.165) is 0 Å². The second-order valence-electron chi connectivity index (χ2n) is 4.62. The molecular formula is C12H14BrFN2O2. The van der Waals surface area contributed by atoms with Crippen molar-refractivity contribution in [3.05, 3.63) is 28.5 Å². The molecule has 1 saturated heterocycles. The van der Waals surface area contributed by atoms with Crippen molar-refractivity contribution in [3.8, 4) is 0 Å². The summed E-state index contributed by atoms with van der Waals surface area (Å²) in [5.74, 6) is -0.813. The molecule has 0 bridgehead atoms. The van der Waals surface area contributed by atoms with Crippen LogP contribution in [0.3, 0.4) is 0 Å². The van der Waals surface area contributed by atoms with E-state index in [1.54, 1.807) is 13.0 Å². The summed E-state index contributed by atoms with van der Waals surface area (Å²) in [5, 5.41) is 2.56. The fourth-order valence-corrected chi connectivity index (χ4v) is 2.14. The zero-order valence-electron chi connectivity index (χ0n) is 9.87. The SMILES string of the molecule is CC1(C(=O)Nc2cc(Br)ccc2F)COCC1N. The van der Waals surface area contributed by atoms with Gasteiger partial charge in [0, 0.05) is 10.5 Å². The first-order valence-corrected chi connectivity index (χ1v) is 6.32. The first-order valence-electron chi connectivity index (χ1n) is 5.53. The molecule has 3 N–H and O–H groups in total. The maximum Gasteiger partial charge on any atom is 0.234 e. The summed E-state index contributed by atoms with van der Waals surface area (Å²) in [5.41, 5.74) is 5.16. The van der Waals surface area contributed by atoms with Crippen molar-refractivity contribution >= 4 is 27.5 Å². The predicted octanol–water partition coefficient (Wildman–Crippen LogP) is 1.89. The van der Waals surface area contributed by atoms with Gasteiger partial charge in [-0.15, -0.1) is 0 Å². The molecule has 0 saturated carbocycles. The monoisotopic (exact) mass is 316 g/mol. The van der Waals surface area contributed by atoms with Gasteiger partial charge in [0.25, 0.3) is 0 Å². The molecular weight excluding hydrogens is 303 g/mol. The number of nitrogens with two attached hydrogens (primary N) is 1. The lowest BCUT2D eigenvalue weighted by Crippen LogP contribution is -2.47. The molecule has 0 aliphatic carbocycles. The van der Waals surface area contributed by atoms with Crippen LogP contribution in [0, 0.1) is 11.2 Å². The first kappa shape index (κ1) is 13.5. The minimum Gasteiger partial charge on any atom is -0.379 e. The Morgan fingerprint density at radius 2 is 2.39 bits per heavy atom. The largest absolute Gasteiger partial charge is 0.379 e. The molecule has 1 fully saturated rings. The van der Waals surface area contributed by atoms with Crippen molar-refractivity contribution in [1.82, 2.24) is 0 Å². The van der Waals surface area contributed by atoms with E-state index in [1.807, 2.05) is 0 Å². The molecule has 1 aromatic rings. The molecule has 1 aliphatic rings. The van der Waals surface area contributed by atoms with E-state index in [2.05, 4.69) is 21.2 Å². The van der Waals surface area contributed by atoms with E-state index < -0.39 is 11.2 Å². The van der Waals surface area contributed by atoms with Gasteiger partial charge < -0.3 is 15.8 Å². The fraction of sp³-hybridized carbons (Fsp3) is 0.417. The number of carbonyl (C=O) groups is 1. The summed E-state index contributed by atoms with van der Waals surface area (Å²) in [6.07, 6.45) is 0. The van der Waals surface area contributed by atoms with Gasteiger partial charge in [0.1, 0.15) is 5.82 Å². The van der Waals surface area contributed by atoms with Crippen LogP contribution in [-0.4, -0.2) is 25.2 Å². The predicted molar refractivity (Wildman–Crippen MR) is 69.6 cm³/mol.